The van der Waals surface area contributed by atoms with Crippen molar-refractivity contribution in [3.8, 4) is 0 Å². The van der Waals surface area contributed by atoms with Crippen LogP contribution in [0.3, 0.4) is 0 Å². The molecule has 0 amide bonds. The van der Waals surface area contributed by atoms with E-state index in [0.717, 1.165) is 22.3 Å². The van der Waals surface area contributed by atoms with Gasteiger partial charge in [0, 0.05) is 44.0 Å². The molecule has 0 saturated carbocycles. The molecule has 3 aromatic heterocycles. The Hall–Kier alpha value is -2.56. The highest BCUT2D eigenvalue weighted by molar-refractivity contribution is 7.89. The summed E-state index contributed by atoms with van der Waals surface area (Å²) < 4.78 is 26.8. The van der Waals surface area contributed by atoms with Gasteiger partial charge in [0.25, 0.3) is 0 Å². The molecule has 0 bridgehead atoms. The molecule has 1 saturated heterocycles. The van der Waals surface area contributed by atoms with E-state index in [0.29, 0.717) is 37.9 Å². The molecule has 9 nitrogen and oxygen atoms in total. The second kappa shape index (κ2) is 6.87. The molecule has 3 N–H and O–H groups in total. The molecule has 1 aliphatic rings. The van der Waals surface area contributed by atoms with E-state index < -0.39 is 10.0 Å². The van der Waals surface area contributed by atoms with Crippen molar-refractivity contribution in [1.82, 2.24) is 29.6 Å². The van der Waals surface area contributed by atoms with Crippen LogP contribution < -0.4 is 10.6 Å². The standard InChI is InChI=1S/C17H21N7O2S/c1-11-9-20-16-15(11)12(2)21-17(23-16)22-14-4-3-13(10-19-14)27(25,26)24-7-5-18-6-8-24/h3-4,9-10,18H,5-8H2,1-2H3,(H2,19,20,21,22,23). The maximum Gasteiger partial charge on any atom is 0.244 e. The minimum absolute atomic E-state index is 0.183. The molecule has 0 aromatic carbocycles. The Bertz CT molecular complexity index is 1070. The number of nitrogens with zero attached hydrogens (tertiary/aromatic N) is 4. The second-order valence-electron chi connectivity index (χ2n) is 6.49. The highest BCUT2D eigenvalue weighted by atomic mass is 32.2. The van der Waals surface area contributed by atoms with Gasteiger partial charge in [0.2, 0.25) is 16.0 Å². The molecular weight excluding hydrogens is 366 g/mol. The number of pyridine rings is 1. The van der Waals surface area contributed by atoms with Gasteiger partial charge in [-0.25, -0.2) is 18.4 Å². The summed E-state index contributed by atoms with van der Waals surface area (Å²) in [5, 5.41) is 7.18. The number of hydrogen-bond acceptors (Lipinski definition) is 7. The summed E-state index contributed by atoms with van der Waals surface area (Å²) in [6.45, 7) is 6.16. The summed E-state index contributed by atoms with van der Waals surface area (Å²) in [5.74, 6) is 0.892. The first-order valence-corrected chi connectivity index (χ1v) is 10.2. The lowest BCUT2D eigenvalue weighted by atomic mass is 10.2. The van der Waals surface area contributed by atoms with Crippen LogP contribution in [-0.2, 0) is 10.0 Å². The number of anilines is 2. The van der Waals surface area contributed by atoms with Gasteiger partial charge in [-0.15, -0.1) is 0 Å². The van der Waals surface area contributed by atoms with Gasteiger partial charge in [-0.1, -0.05) is 0 Å². The zero-order valence-corrected chi connectivity index (χ0v) is 16.0. The zero-order chi connectivity index (χ0) is 19.0. The molecule has 0 radical (unpaired) electrons. The van der Waals surface area contributed by atoms with Crippen molar-refractivity contribution < 1.29 is 8.42 Å². The summed E-state index contributed by atoms with van der Waals surface area (Å²) >= 11 is 0. The summed E-state index contributed by atoms with van der Waals surface area (Å²) in [6.07, 6.45) is 3.26. The average molecular weight is 387 g/mol. The predicted molar refractivity (Wildman–Crippen MR) is 103 cm³/mol. The Kier molecular flexibility index (Phi) is 4.54. The van der Waals surface area contributed by atoms with Gasteiger partial charge < -0.3 is 15.6 Å². The molecule has 10 heteroatoms. The Morgan fingerprint density at radius 3 is 2.63 bits per heavy atom. The van der Waals surface area contributed by atoms with E-state index in [1.54, 1.807) is 12.1 Å². The zero-order valence-electron chi connectivity index (χ0n) is 15.2. The fourth-order valence-corrected chi connectivity index (χ4v) is 4.60. The van der Waals surface area contributed by atoms with Gasteiger partial charge in [-0.05, 0) is 31.5 Å². The Labute approximate surface area is 157 Å². The summed E-state index contributed by atoms with van der Waals surface area (Å²) in [4.78, 5) is 16.4. The number of aromatic nitrogens is 4. The third kappa shape index (κ3) is 3.38. The molecule has 4 rings (SSSR count). The van der Waals surface area contributed by atoms with Crippen LogP contribution in [0.1, 0.15) is 11.3 Å². The van der Waals surface area contributed by atoms with Crippen LogP contribution in [0.2, 0.25) is 0 Å². The minimum atomic E-state index is -3.52. The fourth-order valence-electron chi connectivity index (χ4n) is 3.21. The van der Waals surface area contributed by atoms with Crippen molar-refractivity contribution in [3.05, 3.63) is 35.8 Å². The van der Waals surface area contributed by atoms with Gasteiger partial charge in [0.15, 0.2) is 0 Å². The first-order valence-electron chi connectivity index (χ1n) is 8.71. The van der Waals surface area contributed by atoms with E-state index in [1.165, 1.54) is 10.5 Å². The highest BCUT2D eigenvalue weighted by Gasteiger charge is 2.26. The van der Waals surface area contributed by atoms with E-state index in [-0.39, 0.29) is 4.90 Å². The van der Waals surface area contributed by atoms with Gasteiger partial charge in [0.1, 0.15) is 16.4 Å². The number of nitrogens with one attached hydrogen (secondary N) is 3. The summed E-state index contributed by atoms with van der Waals surface area (Å²) in [5.41, 5.74) is 2.70. The topological polar surface area (TPSA) is 116 Å². The molecule has 4 heterocycles. The number of H-pyrrole nitrogens is 1. The maximum atomic E-state index is 12.7. The molecule has 0 aliphatic carbocycles. The monoisotopic (exact) mass is 387 g/mol. The molecule has 0 spiro atoms. The van der Waals surface area contributed by atoms with Crippen molar-refractivity contribution in [2.45, 2.75) is 18.7 Å². The van der Waals surface area contributed by atoms with E-state index in [2.05, 4.69) is 30.6 Å². The quantitative estimate of drug-likeness (QED) is 0.618. The van der Waals surface area contributed by atoms with E-state index in [1.807, 2.05) is 20.0 Å². The Balaban J connectivity index is 1.56. The molecule has 0 atom stereocenters. The second-order valence-corrected chi connectivity index (χ2v) is 8.42. The van der Waals surface area contributed by atoms with Crippen LogP contribution in [0.4, 0.5) is 11.8 Å². The molecule has 142 valence electrons. The SMILES string of the molecule is Cc1c[nH]c2nc(Nc3ccc(S(=O)(=O)N4CCNCC4)cn3)nc(C)c12. The van der Waals surface area contributed by atoms with E-state index in [9.17, 15) is 8.42 Å². The molecular formula is C17H21N7O2S. The Morgan fingerprint density at radius 2 is 1.93 bits per heavy atom. The van der Waals surface area contributed by atoms with Crippen LogP contribution in [0.5, 0.6) is 0 Å². The normalized spacial score (nSPS) is 15.9. The number of sulfonamides is 1. The van der Waals surface area contributed by atoms with Crippen molar-refractivity contribution in [2.24, 2.45) is 0 Å². The number of rotatable bonds is 4. The van der Waals surface area contributed by atoms with Crippen molar-refractivity contribution >= 4 is 32.8 Å². The first-order chi connectivity index (χ1) is 12.9. The molecule has 1 aliphatic heterocycles. The predicted octanol–water partition coefficient (Wildman–Crippen LogP) is 1.31. The van der Waals surface area contributed by atoms with E-state index >= 15 is 0 Å². The average Bonchev–Trinajstić information content (AvgIpc) is 3.04. The third-order valence-corrected chi connectivity index (χ3v) is 6.48. The van der Waals surface area contributed by atoms with Crippen LogP contribution in [0.25, 0.3) is 11.0 Å². The lowest BCUT2D eigenvalue weighted by Gasteiger charge is -2.26. The van der Waals surface area contributed by atoms with Crippen LogP contribution in [0.15, 0.2) is 29.4 Å². The number of hydrogen-bond donors (Lipinski definition) is 3. The number of fused-ring (bicyclic) bond motifs is 1. The number of aromatic amines is 1. The molecule has 3 aromatic rings. The van der Waals surface area contributed by atoms with E-state index in [4.69, 9.17) is 0 Å². The molecule has 0 unspecified atom stereocenters. The van der Waals surface area contributed by atoms with Crippen molar-refractivity contribution in [2.75, 3.05) is 31.5 Å². The third-order valence-electron chi connectivity index (χ3n) is 4.60. The summed E-state index contributed by atoms with van der Waals surface area (Å²) in [7, 11) is -3.52. The Morgan fingerprint density at radius 1 is 1.15 bits per heavy atom. The first kappa shape index (κ1) is 17.8. The lowest BCUT2D eigenvalue weighted by Crippen LogP contribution is -2.46. The summed E-state index contributed by atoms with van der Waals surface area (Å²) in [6, 6.07) is 3.18. The van der Waals surface area contributed by atoms with Gasteiger partial charge in [0.05, 0.1) is 5.69 Å². The number of piperazine rings is 1. The van der Waals surface area contributed by atoms with Crippen LogP contribution in [-0.4, -0.2) is 58.8 Å². The van der Waals surface area contributed by atoms with Crippen molar-refractivity contribution in [1.29, 1.82) is 0 Å². The van der Waals surface area contributed by atoms with Gasteiger partial charge in [-0.3, -0.25) is 0 Å². The molecule has 1 fully saturated rings. The smallest absolute Gasteiger partial charge is 0.244 e. The van der Waals surface area contributed by atoms with Gasteiger partial charge >= 0.3 is 0 Å². The minimum Gasteiger partial charge on any atom is -0.346 e. The van der Waals surface area contributed by atoms with Crippen LogP contribution in [0, 0.1) is 13.8 Å². The highest BCUT2D eigenvalue weighted by Crippen LogP contribution is 2.22. The van der Waals surface area contributed by atoms with Crippen LogP contribution >= 0.6 is 0 Å². The fraction of sp³-hybridized carbons (Fsp3) is 0.353. The largest absolute Gasteiger partial charge is 0.346 e. The number of aryl methyl sites for hydroxylation is 2. The van der Waals surface area contributed by atoms with Crippen molar-refractivity contribution in [3.63, 3.8) is 0 Å². The molecule has 27 heavy (non-hydrogen) atoms. The van der Waals surface area contributed by atoms with Gasteiger partial charge in [-0.2, -0.15) is 9.29 Å². The lowest BCUT2D eigenvalue weighted by molar-refractivity contribution is 0.360. The maximum absolute atomic E-state index is 12.7.